The molecule has 0 fully saturated rings. The molecule has 1 atom stereocenters. The van der Waals surface area contributed by atoms with Gasteiger partial charge in [0.25, 0.3) is 11.6 Å². The third-order valence-corrected chi connectivity index (χ3v) is 4.06. The van der Waals surface area contributed by atoms with E-state index in [2.05, 4.69) is 5.32 Å². The summed E-state index contributed by atoms with van der Waals surface area (Å²) < 4.78 is 0. The number of hydrogen-bond acceptors (Lipinski definition) is 3. The van der Waals surface area contributed by atoms with E-state index >= 15 is 0 Å². The number of carbonyl (C=O) groups excluding carboxylic acids is 1. The molecule has 0 saturated carbocycles. The molecule has 0 spiro atoms. The lowest BCUT2D eigenvalue weighted by molar-refractivity contribution is -0.384. The molecule has 0 saturated heterocycles. The van der Waals surface area contributed by atoms with Crippen LogP contribution in [-0.2, 0) is 0 Å². The quantitative estimate of drug-likeness (QED) is 0.638. The zero-order valence-electron chi connectivity index (χ0n) is 12.3. The van der Waals surface area contributed by atoms with Gasteiger partial charge in [0.15, 0.2) is 0 Å². The number of rotatable bonds is 5. The Morgan fingerprint density at radius 2 is 1.74 bits per heavy atom. The molecule has 7 heteroatoms. The lowest BCUT2D eigenvalue weighted by atomic mass is 10.0. The van der Waals surface area contributed by atoms with Crippen molar-refractivity contribution in [3.05, 3.63) is 73.8 Å². The Balaban J connectivity index is 2.02. The largest absolute Gasteiger partial charge is 0.351 e. The lowest BCUT2D eigenvalue weighted by Crippen LogP contribution is -2.28. The van der Waals surface area contributed by atoms with Gasteiger partial charge in [0.1, 0.15) is 0 Å². The van der Waals surface area contributed by atoms with Gasteiger partial charge in [-0.3, -0.25) is 14.9 Å². The van der Waals surface area contributed by atoms with Crippen molar-refractivity contribution in [2.24, 2.45) is 0 Å². The first-order chi connectivity index (χ1) is 10.9. The fourth-order valence-electron chi connectivity index (χ4n) is 2.09. The van der Waals surface area contributed by atoms with Gasteiger partial charge in [-0.25, -0.2) is 0 Å². The Morgan fingerprint density at radius 3 is 2.26 bits per heavy atom. The maximum atomic E-state index is 12.2. The minimum atomic E-state index is -0.449. The number of nitro benzene ring substituents is 1. The minimum absolute atomic E-state index is 0.0129. The number of carbonyl (C=O) groups is 1. The van der Waals surface area contributed by atoms with E-state index in [0.717, 1.165) is 5.56 Å². The third-order valence-electron chi connectivity index (χ3n) is 3.43. The number of nitro groups is 1. The predicted molar refractivity (Wildman–Crippen MR) is 90.3 cm³/mol. The van der Waals surface area contributed by atoms with E-state index in [1.165, 1.54) is 12.1 Å². The Kier molecular flexibility index (Phi) is 5.58. The van der Waals surface area contributed by atoms with Crippen LogP contribution in [-0.4, -0.2) is 17.4 Å². The van der Waals surface area contributed by atoms with E-state index in [0.29, 0.717) is 6.54 Å². The van der Waals surface area contributed by atoms with Gasteiger partial charge in [-0.2, -0.15) is 0 Å². The summed E-state index contributed by atoms with van der Waals surface area (Å²) in [4.78, 5) is 22.4. The van der Waals surface area contributed by atoms with Gasteiger partial charge >= 0.3 is 0 Å². The van der Waals surface area contributed by atoms with Gasteiger partial charge in [0, 0.05) is 18.7 Å². The van der Waals surface area contributed by atoms with Crippen LogP contribution >= 0.6 is 23.2 Å². The van der Waals surface area contributed by atoms with Gasteiger partial charge < -0.3 is 5.32 Å². The molecule has 2 aromatic rings. The van der Waals surface area contributed by atoms with Crippen molar-refractivity contribution in [2.75, 3.05) is 6.54 Å². The standard InChI is InChI=1S/C16H14Cl2N2O3/c1-10(11-5-7-12(8-6-11)20(22)23)9-19-16(21)15-13(17)3-2-4-14(15)18/h2-8,10H,9H2,1H3,(H,19,21). The van der Waals surface area contributed by atoms with E-state index < -0.39 is 4.92 Å². The van der Waals surface area contributed by atoms with Gasteiger partial charge in [0.05, 0.1) is 20.5 Å². The molecule has 1 unspecified atom stereocenters. The Labute approximate surface area is 143 Å². The highest BCUT2D eigenvalue weighted by Gasteiger charge is 2.16. The molecule has 0 bridgehead atoms. The summed E-state index contributed by atoms with van der Waals surface area (Å²) in [6.45, 7) is 2.27. The monoisotopic (exact) mass is 352 g/mol. The van der Waals surface area contributed by atoms with Crippen LogP contribution in [0.5, 0.6) is 0 Å². The van der Waals surface area contributed by atoms with Crippen molar-refractivity contribution in [3.8, 4) is 0 Å². The normalized spacial score (nSPS) is 11.8. The number of halogens is 2. The van der Waals surface area contributed by atoms with Crippen LogP contribution in [0.1, 0.15) is 28.8 Å². The molecule has 1 N–H and O–H groups in total. The maximum absolute atomic E-state index is 12.2. The van der Waals surface area contributed by atoms with Crippen LogP contribution < -0.4 is 5.32 Å². The number of nitrogens with zero attached hydrogens (tertiary/aromatic N) is 1. The fraction of sp³-hybridized carbons (Fsp3) is 0.188. The summed E-state index contributed by atoms with van der Waals surface area (Å²) in [5.41, 5.74) is 1.17. The number of benzene rings is 2. The molecule has 0 aliphatic carbocycles. The smallest absolute Gasteiger partial charge is 0.269 e. The van der Waals surface area contributed by atoms with Gasteiger partial charge in [-0.05, 0) is 23.6 Å². The molecule has 0 aromatic heterocycles. The summed E-state index contributed by atoms with van der Waals surface area (Å²) in [5, 5.41) is 14.0. The minimum Gasteiger partial charge on any atom is -0.351 e. The van der Waals surface area contributed by atoms with E-state index in [9.17, 15) is 14.9 Å². The molecule has 120 valence electrons. The molecule has 0 radical (unpaired) electrons. The Bertz CT molecular complexity index is 712. The summed E-state index contributed by atoms with van der Waals surface area (Å²) >= 11 is 12.0. The number of hydrogen-bond donors (Lipinski definition) is 1. The van der Waals surface area contributed by atoms with E-state index in [-0.39, 0.29) is 33.1 Å². The van der Waals surface area contributed by atoms with Crippen LogP contribution in [0.25, 0.3) is 0 Å². The van der Waals surface area contributed by atoms with Crippen molar-refractivity contribution in [1.29, 1.82) is 0 Å². The first kappa shape index (κ1) is 17.2. The van der Waals surface area contributed by atoms with Crippen molar-refractivity contribution in [3.63, 3.8) is 0 Å². The van der Waals surface area contributed by atoms with Crippen molar-refractivity contribution in [1.82, 2.24) is 5.32 Å². The summed E-state index contributed by atoms with van der Waals surface area (Å²) in [6.07, 6.45) is 0. The van der Waals surface area contributed by atoms with Crippen LogP contribution in [0.3, 0.4) is 0 Å². The van der Waals surface area contributed by atoms with Crippen LogP contribution in [0.2, 0.25) is 10.0 Å². The molecule has 0 aliphatic heterocycles. The fourth-order valence-corrected chi connectivity index (χ4v) is 2.66. The Morgan fingerprint density at radius 1 is 1.17 bits per heavy atom. The second kappa shape index (κ2) is 7.44. The van der Waals surface area contributed by atoms with E-state index in [1.54, 1.807) is 30.3 Å². The van der Waals surface area contributed by atoms with Crippen molar-refractivity contribution in [2.45, 2.75) is 12.8 Å². The van der Waals surface area contributed by atoms with Gasteiger partial charge in [-0.1, -0.05) is 48.3 Å². The summed E-state index contributed by atoms with van der Waals surface area (Å²) in [5.74, 6) is -0.365. The molecule has 5 nitrogen and oxygen atoms in total. The molecular weight excluding hydrogens is 339 g/mol. The number of nitrogens with one attached hydrogen (secondary N) is 1. The second-order valence-corrected chi connectivity index (χ2v) is 5.87. The van der Waals surface area contributed by atoms with Crippen LogP contribution in [0.15, 0.2) is 42.5 Å². The third kappa shape index (κ3) is 4.21. The van der Waals surface area contributed by atoms with Crippen LogP contribution in [0.4, 0.5) is 5.69 Å². The van der Waals surface area contributed by atoms with E-state index in [1.807, 2.05) is 6.92 Å². The SMILES string of the molecule is CC(CNC(=O)c1c(Cl)cccc1Cl)c1ccc([N+](=O)[O-])cc1. The maximum Gasteiger partial charge on any atom is 0.269 e. The molecule has 2 aromatic carbocycles. The van der Waals surface area contributed by atoms with Gasteiger partial charge in [0.2, 0.25) is 0 Å². The number of non-ortho nitro benzene ring substituents is 1. The predicted octanol–water partition coefficient (Wildman–Crippen LogP) is 4.44. The lowest BCUT2D eigenvalue weighted by Gasteiger charge is -2.14. The molecular formula is C16H14Cl2N2O3. The topological polar surface area (TPSA) is 72.2 Å². The Hall–Kier alpha value is -2.11. The summed E-state index contributed by atoms with van der Waals surface area (Å²) in [7, 11) is 0. The summed E-state index contributed by atoms with van der Waals surface area (Å²) in [6, 6.07) is 11.1. The van der Waals surface area contributed by atoms with Crippen molar-refractivity contribution >= 4 is 34.8 Å². The zero-order valence-corrected chi connectivity index (χ0v) is 13.8. The number of amides is 1. The van der Waals surface area contributed by atoms with E-state index in [4.69, 9.17) is 23.2 Å². The van der Waals surface area contributed by atoms with Crippen molar-refractivity contribution < 1.29 is 9.72 Å². The second-order valence-electron chi connectivity index (χ2n) is 5.06. The average molecular weight is 353 g/mol. The first-order valence-electron chi connectivity index (χ1n) is 6.86. The highest BCUT2D eigenvalue weighted by atomic mass is 35.5. The zero-order chi connectivity index (χ0) is 17.0. The highest BCUT2D eigenvalue weighted by Crippen LogP contribution is 2.24. The van der Waals surface area contributed by atoms with Crippen LogP contribution in [0, 0.1) is 10.1 Å². The molecule has 2 rings (SSSR count). The average Bonchev–Trinajstić information content (AvgIpc) is 2.52. The van der Waals surface area contributed by atoms with Gasteiger partial charge in [-0.15, -0.1) is 0 Å². The highest BCUT2D eigenvalue weighted by molar-refractivity contribution is 6.39. The molecule has 23 heavy (non-hydrogen) atoms. The molecule has 0 heterocycles. The molecule has 1 amide bonds. The molecule has 0 aliphatic rings. The first-order valence-corrected chi connectivity index (χ1v) is 7.62.